The van der Waals surface area contributed by atoms with Crippen molar-refractivity contribution in [3.63, 3.8) is 0 Å². The van der Waals surface area contributed by atoms with Crippen LogP contribution in [0.3, 0.4) is 0 Å². The van der Waals surface area contributed by atoms with E-state index in [0.29, 0.717) is 0 Å². The number of halogens is 8. The van der Waals surface area contributed by atoms with Crippen LogP contribution < -0.4 is 0 Å². The maximum absolute atomic E-state index is 14.2. The van der Waals surface area contributed by atoms with Crippen molar-refractivity contribution in [2.24, 2.45) is 0 Å². The first kappa shape index (κ1) is 27.1. The van der Waals surface area contributed by atoms with Crippen LogP contribution in [-0.4, -0.2) is 49.4 Å². The Balaban J connectivity index is 5.58. The minimum absolute atomic E-state index is 0.249. The van der Waals surface area contributed by atoms with E-state index in [-0.39, 0.29) is 6.04 Å². The molecule has 0 amide bonds. The van der Waals surface area contributed by atoms with Crippen LogP contribution in [0, 0.1) is 0 Å². The first-order chi connectivity index (χ1) is 11.9. The fraction of sp³-hybridized carbons (Fsp3) is 1.00. The molecule has 0 saturated heterocycles. The summed E-state index contributed by atoms with van der Waals surface area (Å²) < 4.78 is 111. The Labute approximate surface area is 161 Å². The molecule has 0 N–H and O–H groups in total. The molecule has 27 heavy (non-hydrogen) atoms. The molecule has 0 saturated carbocycles. The van der Waals surface area contributed by atoms with Crippen molar-refractivity contribution in [3.8, 4) is 0 Å². The second-order valence-corrected chi connectivity index (χ2v) is 21.8. The number of hydrogen-bond donors (Lipinski definition) is 0. The lowest BCUT2D eigenvalue weighted by Crippen LogP contribution is -2.62. The highest BCUT2D eigenvalue weighted by Crippen LogP contribution is 2.55. The average Bonchev–Trinajstić information content (AvgIpc) is 2.43. The van der Waals surface area contributed by atoms with Gasteiger partial charge in [0.15, 0.2) is 0 Å². The Bertz CT molecular complexity index is 457. The van der Waals surface area contributed by atoms with E-state index in [1.165, 1.54) is 0 Å². The van der Waals surface area contributed by atoms with E-state index in [1.54, 1.807) is 0 Å². The summed E-state index contributed by atoms with van der Waals surface area (Å²) in [4.78, 5) is 0. The molecule has 0 fully saturated rings. The molecular formula is C16H32F8Si3. The van der Waals surface area contributed by atoms with Gasteiger partial charge < -0.3 is 0 Å². The van der Waals surface area contributed by atoms with E-state index in [9.17, 15) is 35.1 Å². The third kappa shape index (κ3) is 6.55. The molecular weight excluding hydrogens is 428 g/mol. The van der Waals surface area contributed by atoms with Crippen LogP contribution in [0.5, 0.6) is 0 Å². The van der Waals surface area contributed by atoms with Crippen molar-refractivity contribution in [2.75, 3.05) is 0 Å². The molecule has 0 nitrogen and oxygen atoms in total. The third-order valence-electron chi connectivity index (χ3n) is 4.72. The van der Waals surface area contributed by atoms with Crippen LogP contribution in [0.2, 0.25) is 50.1 Å². The maximum atomic E-state index is 14.2. The van der Waals surface area contributed by atoms with Crippen LogP contribution >= 0.6 is 0 Å². The van der Waals surface area contributed by atoms with Crippen molar-refractivity contribution < 1.29 is 35.1 Å². The van der Waals surface area contributed by atoms with Crippen LogP contribution in [0.1, 0.15) is 26.2 Å². The molecule has 164 valence electrons. The van der Waals surface area contributed by atoms with E-state index in [4.69, 9.17) is 0 Å². The van der Waals surface area contributed by atoms with Gasteiger partial charge in [0.25, 0.3) is 0 Å². The molecule has 0 unspecified atom stereocenters. The van der Waals surface area contributed by atoms with Crippen molar-refractivity contribution in [1.29, 1.82) is 0 Å². The molecule has 0 rings (SSSR count). The van der Waals surface area contributed by atoms with E-state index in [1.807, 2.05) is 32.7 Å². The second-order valence-electron chi connectivity index (χ2n) is 8.81. The smallest absolute Gasteiger partial charge is 0.200 e. The van der Waals surface area contributed by atoms with Gasteiger partial charge in [0.05, 0.1) is 0 Å². The fourth-order valence-corrected chi connectivity index (χ4v) is 24.3. The predicted molar refractivity (Wildman–Crippen MR) is 103 cm³/mol. The molecule has 11 heteroatoms. The Hall–Kier alpha value is 0.0906. The molecule has 0 bridgehead atoms. The summed E-state index contributed by atoms with van der Waals surface area (Å²) in [6.07, 6.45) is -3.56. The normalized spacial score (nSPS) is 15.1. The quantitative estimate of drug-likeness (QED) is 0.221. The highest BCUT2D eigenvalue weighted by Gasteiger charge is 2.79. The van der Waals surface area contributed by atoms with Gasteiger partial charge in [-0.3, -0.25) is 0 Å². The topological polar surface area (TPSA) is 0 Å². The monoisotopic (exact) mass is 460 g/mol. The zero-order chi connectivity index (χ0) is 21.9. The Morgan fingerprint density at radius 3 is 1.30 bits per heavy atom. The molecule has 0 heterocycles. The van der Waals surface area contributed by atoms with Gasteiger partial charge in [0.2, 0.25) is 0 Å². The van der Waals surface area contributed by atoms with Gasteiger partial charge >= 0.3 is 23.7 Å². The van der Waals surface area contributed by atoms with E-state index >= 15 is 0 Å². The Morgan fingerprint density at radius 1 is 0.667 bits per heavy atom. The molecule has 0 aliphatic heterocycles. The number of alkyl halides is 8. The molecule has 0 spiro atoms. The zero-order valence-electron chi connectivity index (χ0n) is 16.9. The first-order valence-electron chi connectivity index (χ1n) is 9.36. The molecule has 0 radical (unpaired) electrons. The molecule has 0 aliphatic carbocycles. The van der Waals surface area contributed by atoms with E-state index in [2.05, 4.69) is 0 Å². The van der Waals surface area contributed by atoms with Crippen LogP contribution in [0.15, 0.2) is 0 Å². The molecule has 0 aromatic carbocycles. The average molecular weight is 461 g/mol. The van der Waals surface area contributed by atoms with Gasteiger partial charge in [-0.25, -0.2) is 0 Å². The van der Waals surface area contributed by atoms with Crippen molar-refractivity contribution in [3.05, 3.63) is 0 Å². The van der Waals surface area contributed by atoms with Crippen molar-refractivity contribution >= 4 is 25.7 Å². The summed E-state index contributed by atoms with van der Waals surface area (Å²) in [6, 6.07) is -0.249. The fourth-order valence-electron chi connectivity index (χ4n) is 3.80. The molecule has 0 aromatic rings. The molecule has 0 aliphatic rings. The third-order valence-corrected chi connectivity index (χ3v) is 20.6. The predicted octanol–water partition coefficient (Wildman–Crippen LogP) is 6.85. The van der Waals surface area contributed by atoms with Gasteiger partial charge in [-0.15, -0.1) is 0 Å². The Morgan fingerprint density at radius 2 is 1.00 bits per heavy atom. The van der Waals surface area contributed by atoms with E-state index in [0.717, 1.165) is 18.3 Å². The van der Waals surface area contributed by atoms with Crippen LogP contribution in [-0.2, 0) is 0 Å². The van der Waals surface area contributed by atoms with Crippen LogP contribution in [0.4, 0.5) is 35.1 Å². The van der Waals surface area contributed by atoms with Crippen molar-refractivity contribution in [2.45, 2.75) is 100.0 Å². The maximum Gasteiger partial charge on any atom is 0.378 e. The Kier molecular flexibility index (Phi) is 9.30. The largest absolute Gasteiger partial charge is 0.378 e. The summed E-state index contributed by atoms with van der Waals surface area (Å²) in [6.45, 7) is 11.1. The molecule has 0 aromatic heterocycles. The van der Waals surface area contributed by atoms with Crippen molar-refractivity contribution in [1.82, 2.24) is 0 Å². The minimum atomic E-state index is -6.10. The highest BCUT2D eigenvalue weighted by molar-refractivity contribution is 6.95. The minimum Gasteiger partial charge on any atom is -0.200 e. The first-order valence-corrected chi connectivity index (χ1v) is 18.7. The standard InChI is InChI=1S/C16H32F8Si3/c1-7-8-13(17,18)15(21,22)16(23,24)14(19,20)9-10-27(6,11-25(2)3)12-26(4)5/h25-26H,7-12H2,1-6H3. The zero-order valence-corrected chi connectivity index (χ0v) is 20.2. The second kappa shape index (κ2) is 9.27. The van der Waals surface area contributed by atoms with Crippen LogP contribution in [0.25, 0.3) is 0 Å². The summed E-state index contributed by atoms with van der Waals surface area (Å²) >= 11 is 0. The lowest BCUT2D eigenvalue weighted by Gasteiger charge is -2.38. The van der Waals surface area contributed by atoms with Gasteiger partial charge in [-0.05, 0) is 0 Å². The van der Waals surface area contributed by atoms with Gasteiger partial charge in [0, 0.05) is 38.5 Å². The van der Waals surface area contributed by atoms with Gasteiger partial charge in [0.1, 0.15) is 0 Å². The number of rotatable bonds is 12. The number of hydrogen-bond acceptors (Lipinski definition) is 0. The summed E-state index contributed by atoms with van der Waals surface area (Å²) in [7, 11) is -4.64. The van der Waals surface area contributed by atoms with Gasteiger partial charge in [-0.1, -0.05) is 63.5 Å². The van der Waals surface area contributed by atoms with E-state index < -0.39 is 68.6 Å². The molecule has 0 atom stereocenters. The summed E-state index contributed by atoms with van der Waals surface area (Å²) in [5, 5.41) is 0. The summed E-state index contributed by atoms with van der Waals surface area (Å²) in [5.41, 5.74) is 1.50. The highest BCUT2D eigenvalue weighted by atomic mass is 28.4. The lowest BCUT2D eigenvalue weighted by molar-refractivity contribution is -0.367. The SMILES string of the molecule is CCCC(F)(F)C(F)(F)C(F)(F)C(F)(F)CC[Si](C)(C[SiH](C)C)C[SiH](C)C. The van der Waals surface area contributed by atoms with Gasteiger partial charge in [-0.2, -0.15) is 35.1 Å². The lowest BCUT2D eigenvalue weighted by atomic mass is 9.94. The summed E-state index contributed by atoms with van der Waals surface area (Å²) in [5.74, 6) is -22.6.